The van der Waals surface area contributed by atoms with Crippen LogP contribution in [0.4, 0.5) is 0 Å². The number of rotatable bonds is 46. The highest BCUT2D eigenvalue weighted by Crippen LogP contribution is 2.15. The van der Waals surface area contributed by atoms with Gasteiger partial charge in [0.05, 0.1) is 25.2 Å². The number of aliphatic hydroxyl groups excluding tert-OH is 2. The number of aliphatic hydroxyl groups is 2. The van der Waals surface area contributed by atoms with Crippen LogP contribution in [0.1, 0.15) is 233 Å². The lowest BCUT2D eigenvalue weighted by atomic mass is 10.0. The monoisotopic (exact) mass is 890 g/mol. The fourth-order valence-corrected chi connectivity index (χ4v) is 7.40. The Bertz CT molecular complexity index is 1270. The number of amides is 1. The topological polar surface area (TPSA) is 95.9 Å². The summed E-state index contributed by atoms with van der Waals surface area (Å²) in [5.41, 5.74) is 0. The zero-order valence-corrected chi connectivity index (χ0v) is 41.6. The summed E-state index contributed by atoms with van der Waals surface area (Å²) in [7, 11) is 0. The first-order chi connectivity index (χ1) is 31.5. The molecule has 0 heterocycles. The van der Waals surface area contributed by atoms with Gasteiger partial charge in [-0.05, 0) is 89.5 Å². The minimum atomic E-state index is -0.826. The molecule has 0 aromatic heterocycles. The summed E-state index contributed by atoms with van der Waals surface area (Å²) in [6.45, 7) is 6.29. The predicted octanol–water partition coefficient (Wildman–Crippen LogP) is 16.1. The molecule has 0 spiro atoms. The van der Waals surface area contributed by atoms with Gasteiger partial charge >= 0.3 is 5.97 Å². The zero-order valence-electron chi connectivity index (χ0n) is 41.6. The van der Waals surface area contributed by atoms with Crippen molar-refractivity contribution in [2.45, 2.75) is 251 Å². The number of carbonyl (C=O) groups excluding carboxylic acids is 2. The summed E-state index contributed by atoms with van der Waals surface area (Å²) in [5, 5.41) is 23.7. The molecule has 0 bridgehead atoms. The molecule has 0 radical (unpaired) electrons. The van der Waals surface area contributed by atoms with Crippen molar-refractivity contribution < 1.29 is 24.5 Å². The number of nitrogens with one attached hydrogen (secondary N) is 1. The van der Waals surface area contributed by atoms with E-state index in [0.717, 1.165) is 89.9 Å². The molecule has 0 aromatic carbocycles. The molecule has 0 fully saturated rings. The highest BCUT2D eigenvalue weighted by molar-refractivity contribution is 5.78. The molecule has 366 valence electrons. The largest absolute Gasteiger partial charge is 0.458 e. The normalized spacial score (nSPS) is 14.0. The van der Waals surface area contributed by atoms with Crippen LogP contribution in [0.3, 0.4) is 0 Å². The van der Waals surface area contributed by atoms with Crippen molar-refractivity contribution in [2.24, 2.45) is 0 Å². The Labute approximate surface area is 395 Å². The second-order valence-corrected chi connectivity index (χ2v) is 17.5. The molecule has 0 aliphatic heterocycles. The fourth-order valence-electron chi connectivity index (χ4n) is 7.40. The van der Waals surface area contributed by atoms with Gasteiger partial charge in [-0.25, -0.2) is 0 Å². The smallest absolute Gasteiger partial charge is 0.306 e. The molecule has 0 aliphatic rings. The second kappa shape index (κ2) is 50.8. The lowest BCUT2D eigenvalue weighted by molar-refractivity contribution is -0.148. The van der Waals surface area contributed by atoms with E-state index in [9.17, 15) is 19.8 Å². The van der Waals surface area contributed by atoms with Crippen molar-refractivity contribution in [3.05, 3.63) is 97.2 Å². The Kier molecular flexibility index (Phi) is 48.2. The number of hydrogen-bond acceptors (Lipinski definition) is 5. The highest BCUT2D eigenvalue weighted by atomic mass is 16.5. The van der Waals surface area contributed by atoms with Crippen molar-refractivity contribution in [3.63, 3.8) is 0 Å². The second-order valence-electron chi connectivity index (χ2n) is 17.5. The predicted molar refractivity (Wildman–Crippen MR) is 277 cm³/mol. The Morgan fingerprint density at radius 2 is 0.875 bits per heavy atom. The average molecular weight is 890 g/mol. The van der Waals surface area contributed by atoms with Crippen LogP contribution in [0.25, 0.3) is 0 Å². The minimum Gasteiger partial charge on any atom is -0.458 e. The van der Waals surface area contributed by atoms with Crippen LogP contribution < -0.4 is 5.32 Å². The molecule has 0 aliphatic carbocycles. The molecule has 0 saturated carbocycles. The Morgan fingerprint density at radius 1 is 0.484 bits per heavy atom. The van der Waals surface area contributed by atoms with E-state index >= 15 is 0 Å². The first kappa shape index (κ1) is 60.8. The van der Waals surface area contributed by atoms with Crippen molar-refractivity contribution >= 4 is 11.9 Å². The SMILES string of the molecule is CC/C=C/C/C=C/C/C=C/C/C=C/C/C=C/C(CC(=O)NC(CO)C(O)CCCCCCCCCCCCCC)OC(=O)CCCCCCCC/C=C\C/C=C\C/C=C\CCCCC. The number of carbonyl (C=O) groups is 2. The van der Waals surface area contributed by atoms with Gasteiger partial charge in [0.25, 0.3) is 0 Å². The average Bonchev–Trinajstić information content (AvgIpc) is 3.29. The first-order valence-corrected chi connectivity index (χ1v) is 26.5. The number of allylic oxidation sites excluding steroid dienone is 15. The zero-order chi connectivity index (χ0) is 46.7. The van der Waals surface area contributed by atoms with Crippen LogP contribution in [0.2, 0.25) is 0 Å². The molecule has 3 N–H and O–H groups in total. The first-order valence-electron chi connectivity index (χ1n) is 26.5. The Morgan fingerprint density at radius 3 is 1.36 bits per heavy atom. The molecular weight excluding hydrogens is 791 g/mol. The van der Waals surface area contributed by atoms with Gasteiger partial charge in [-0.3, -0.25) is 9.59 Å². The number of ether oxygens (including phenoxy) is 1. The number of esters is 1. The maximum absolute atomic E-state index is 13.2. The minimum absolute atomic E-state index is 0.0560. The van der Waals surface area contributed by atoms with Gasteiger partial charge in [0.1, 0.15) is 6.10 Å². The highest BCUT2D eigenvalue weighted by Gasteiger charge is 2.23. The van der Waals surface area contributed by atoms with Crippen molar-refractivity contribution in [2.75, 3.05) is 6.61 Å². The third kappa shape index (κ3) is 45.4. The van der Waals surface area contributed by atoms with E-state index in [2.05, 4.69) is 111 Å². The van der Waals surface area contributed by atoms with Gasteiger partial charge in [-0.2, -0.15) is 0 Å². The Balaban J connectivity index is 4.73. The Hall–Kier alpha value is -3.22. The molecule has 64 heavy (non-hydrogen) atoms. The van der Waals surface area contributed by atoms with E-state index in [0.29, 0.717) is 19.3 Å². The molecule has 6 nitrogen and oxygen atoms in total. The van der Waals surface area contributed by atoms with Crippen molar-refractivity contribution in [1.29, 1.82) is 0 Å². The van der Waals surface area contributed by atoms with Gasteiger partial charge in [0.15, 0.2) is 0 Å². The molecule has 3 atom stereocenters. The van der Waals surface area contributed by atoms with Gasteiger partial charge in [-0.15, -0.1) is 0 Å². The van der Waals surface area contributed by atoms with Gasteiger partial charge in [-0.1, -0.05) is 227 Å². The quantitative estimate of drug-likeness (QED) is 0.0321. The lowest BCUT2D eigenvalue weighted by Gasteiger charge is -2.23. The van der Waals surface area contributed by atoms with Gasteiger partial charge in [0.2, 0.25) is 5.91 Å². The molecule has 3 unspecified atom stereocenters. The van der Waals surface area contributed by atoms with E-state index in [1.807, 2.05) is 6.08 Å². The maximum atomic E-state index is 13.2. The number of hydrogen-bond donors (Lipinski definition) is 3. The summed E-state index contributed by atoms with van der Waals surface area (Å²) in [6.07, 6.45) is 67.8. The van der Waals surface area contributed by atoms with Crippen LogP contribution in [0.15, 0.2) is 97.2 Å². The summed E-state index contributed by atoms with van der Waals surface area (Å²) >= 11 is 0. The number of unbranched alkanes of at least 4 members (excludes halogenated alkanes) is 20. The third-order valence-electron chi connectivity index (χ3n) is 11.4. The van der Waals surface area contributed by atoms with Crippen LogP contribution in [0, 0.1) is 0 Å². The van der Waals surface area contributed by atoms with Crippen LogP contribution in [-0.2, 0) is 14.3 Å². The summed E-state index contributed by atoms with van der Waals surface area (Å²) < 4.78 is 5.82. The molecule has 1 amide bonds. The van der Waals surface area contributed by atoms with E-state index in [4.69, 9.17) is 4.74 Å². The standard InChI is InChI=1S/C58H99NO5/c1-4-7-10-13-16-19-22-25-27-28-29-30-31-33-36-39-42-45-48-51-58(63)64-54(49-46-43-40-37-34-32-26-23-20-17-14-11-8-5-2)52-57(62)59-55(53-60)56(61)50-47-44-41-38-35-24-21-18-15-12-9-6-3/h8,11,16-17,19-20,25-27,29-30,32,37,40,46,49,54-56,60-61H,4-7,9-10,12-15,18,21-24,28,31,33-36,38-39,41-45,47-48,50-53H2,1-3H3,(H,59,62)/b11-8+,19-16-,20-17+,27-25-,30-29-,32-26+,40-37+,49-46+. The van der Waals surface area contributed by atoms with E-state index in [-0.39, 0.29) is 24.9 Å². The molecular formula is C58H99NO5. The molecule has 0 rings (SSSR count). The summed E-state index contributed by atoms with van der Waals surface area (Å²) in [5.74, 6) is -0.648. The van der Waals surface area contributed by atoms with E-state index in [1.165, 1.54) is 96.3 Å². The van der Waals surface area contributed by atoms with Crippen molar-refractivity contribution in [1.82, 2.24) is 5.32 Å². The maximum Gasteiger partial charge on any atom is 0.306 e. The van der Waals surface area contributed by atoms with Gasteiger partial charge in [0, 0.05) is 6.42 Å². The molecule has 0 aromatic rings. The summed E-state index contributed by atoms with van der Waals surface area (Å²) in [6, 6.07) is -0.750. The third-order valence-corrected chi connectivity index (χ3v) is 11.4. The molecule has 0 saturated heterocycles. The molecule has 6 heteroatoms. The van der Waals surface area contributed by atoms with Crippen LogP contribution in [0.5, 0.6) is 0 Å². The van der Waals surface area contributed by atoms with E-state index < -0.39 is 18.2 Å². The van der Waals surface area contributed by atoms with Crippen molar-refractivity contribution in [3.8, 4) is 0 Å². The van der Waals surface area contributed by atoms with Crippen LogP contribution in [-0.4, -0.2) is 46.9 Å². The summed E-state index contributed by atoms with van der Waals surface area (Å²) in [4.78, 5) is 26.1. The van der Waals surface area contributed by atoms with E-state index in [1.54, 1.807) is 6.08 Å². The van der Waals surface area contributed by atoms with Crippen LogP contribution >= 0.6 is 0 Å². The lowest BCUT2D eigenvalue weighted by Crippen LogP contribution is -2.46. The fraction of sp³-hybridized carbons (Fsp3) is 0.690. The van der Waals surface area contributed by atoms with Gasteiger partial charge < -0.3 is 20.3 Å².